The molecule has 0 spiro atoms. The highest BCUT2D eigenvalue weighted by Crippen LogP contribution is 2.13. The van der Waals surface area contributed by atoms with Crippen LogP contribution in [0.25, 0.3) is 0 Å². The second kappa shape index (κ2) is 4.81. The van der Waals surface area contributed by atoms with Gasteiger partial charge in [-0.3, -0.25) is 4.79 Å². The highest BCUT2D eigenvalue weighted by Gasteiger charge is 2.01. The highest BCUT2D eigenvalue weighted by atomic mass is 16.5. The summed E-state index contributed by atoms with van der Waals surface area (Å²) in [5, 5.41) is 0. The number of nitrogens with two attached hydrogens (primary N) is 2. The third kappa shape index (κ3) is 3.15. The quantitative estimate of drug-likeness (QED) is 0.622. The van der Waals surface area contributed by atoms with E-state index in [4.69, 9.17) is 16.2 Å². The number of anilines is 1. The van der Waals surface area contributed by atoms with Crippen molar-refractivity contribution in [1.29, 1.82) is 0 Å². The molecule has 6 heteroatoms. The van der Waals surface area contributed by atoms with Crippen LogP contribution < -0.4 is 16.2 Å². The minimum Gasteiger partial charge on any atom is -0.478 e. The zero-order valence-corrected chi connectivity index (χ0v) is 8.15. The Kier molecular flexibility index (Phi) is 3.46. The number of ether oxygens (including phenoxy) is 1. The molecular formula is C9H10N4O2. The van der Waals surface area contributed by atoms with Crippen LogP contribution in [0.4, 0.5) is 5.82 Å². The van der Waals surface area contributed by atoms with Gasteiger partial charge in [0.1, 0.15) is 5.69 Å². The van der Waals surface area contributed by atoms with Gasteiger partial charge in [-0.25, -0.2) is 4.98 Å². The number of aromatic nitrogens is 2. The average Bonchev–Trinajstić information content (AvgIpc) is 2.20. The van der Waals surface area contributed by atoms with E-state index in [2.05, 4.69) is 21.8 Å². The molecule has 0 bridgehead atoms. The molecule has 15 heavy (non-hydrogen) atoms. The third-order valence-electron chi connectivity index (χ3n) is 1.44. The monoisotopic (exact) mass is 206 g/mol. The van der Waals surface area contributed by atoms with Crippen LogP contribution in [0, 0.1) is 11.8 Å². The molecule has 78 valence electrons. The molecule has 0 unspecified atom stereocenters. The second-order valence-corrected chi connectivity index (χ2v) is 2.59. The van der Waals surface area contributed by atoms with Gasteiger partial charge in [-0.05, 0) is 5.92 Å². The van der Waals surface area contributed by atoms with Crippen molar-refractivity contribution >= 4 is 11.7 Å². The molecule has 1 heterocycles. The molecule has 1 amide bonds. The van der Waals surface area contributed by atoms with Crippen molar-refractivity contribution in [2.75, 3.05) is 12.8 Å². The smallest absolute Gasteiger partial charge is 0.258 e. The van der Waals surface area contributed by atoms with Gasteiger partial charge in [0.2, 0.25) is 5.91 Å². The van der Waals surface area contributed by atoms with Gasteiger partial charge in [-0.15, -0.1) is 0 Å². The van der Waals surface area contributed by atoms with Crippen LogP contribution in [0.5, 0.6) is 5.88 Å². The molecule has 0 radical (unpaired) electrons. The number of carbonyl (C=O) groups excluding carboxylic acids is 1. The molecule has 0 aliphatic carbocycles. The standard InChI is InChI=1S/C9H10N4O2/c1-15-9-8(11)12-5-6(13-9)3-2-4-7(10)14/h5H,4H2,1H3,(H2,10,14)(H2,11,12). The van der Waals surface area contributed by atoms with E-state index < -0.39 is 5.91 Å². The maximum atomic E-state index is 10.4. The fourth-order valence-electron chi connectivity index (χ4n) is 0.814. The van der Waals surface area contributed by atoms with E-state index in [-0.39, 0.29) is 18.1 Å². The molecule has 6 nitrogen and oxygen atoms in total. The first-order chi connectivity index (χ1) is 7.13. The first-order valence-electron chi connectivity index (χ1n) is 4.07. The van der Waals surface area contributed by atoms with E-state index >= 15 is 0 Å². The first-order valence-corrected chi connectivity index (χ1v) is 4.07. The van der Waals surface area contributed by atoms with E-state index in [9.17, 15) is 4.79 Å². The number of rotatable bonds is 2. The molecule has 0 saturated carbocycles. The normalized spacial score (nSPS) is 8.87. The number of primary amides is 1. The lowest BCUT2D eigenvalue weighted by atomic mass is 10.3. The van der Waals surface area contributed by atoms with Gasteiger partial charge < -0.3 is 16.2 Å². The maximum absolute atomic E-state index is 10.4. The largest absolute Gasteiger partial charge is 0.478 e. The maximum Gasteiger partial charge on any atom is 0.258 e. The Morgan fingerprint density at radius 3 is 3.00 bits per heavy atom. The van der Waals surface area contributed by atoms with Crippen LogP contribution in [0.1, 0.15) is 12.1 Å². The van der Waals surface area contributed by atoms with Crippen molar-refractivity contribution in [2.45, 2.75) is 6.42 Å². The number of nitrogens with zero attached hydrogens (tertiary/aromatic N) is 2. The minimum absolute atomic E-state index is 0.0195. The Hall–Kier alpha value is -2.29. The molecule has 1 rings (SSSR count). The fourth-order valence-corrected chi connectivity index (χ4v) is 0.814. The number of amides is 1. The molecule has 1 aromatic heterocycles. The second-order valence-electron chi connectivity index (χ2n) is 2.59. The van der Waals surface area contributed by atoms with Gasteiger partial charge in [0.05, 0.1) is 19.7 Å². The molecule has 0 aliphatic heterocycles. The lowest BCUT2D eigenvalue weighted by Gasteiger charge is -2.00. The molecular weight excluding hydrogens is 196 g/mol. The predicted molar refractivity (Wildman–Crippen MR) is 53.7 cm³/mol. The fraction of sp³-hybridized carbons (Fsp3) is 0.222. The molecule has 4 N–H and O–H groups in total. The molecule has 0 aliphatic rings. The van der Waals surface area contributed by atoms with Crippen molar-refractivity contribution in [3.05, 3.63) is 11.9 Å². The van der Waals surface area contributed by atoms with E-state index in [1.807, 2.05) is 0 Å². The Morgan fingerprint density at radius 1 is 1.67 bits per heavy atom. The van der Waals surface area contributed by atoms with Crippen LogP contribution in [0.15, 0.2) is 6.20 Å². The summed E-state index contributed by atoms with van der Waals surface area (Å²) in [6.07, 6.45) is 1.38. The molecule has 0 saturated heterocycles. The number of hydrogen-bond acceptors (Lipinski definition) is 5. The van der Waals surface area contributed by atoms with Crippen molar-refractivity contribution in [3.63, 3.8) is 0 Å². The predicted octanol–water partition coefficient (Wildman–Crippen LogP) is -0.706. The summed E-state index contributed by atoms with van der Waals surface area (Å²) in [4.78, 5) is 18.2. The van der Waals surface area contributed by atoms with Gasteiger partial charge in [0.25, 0.3) is 5.88 Å². The van der Waals surface area contributed by atoms with Crippen molar-refractivity contribution < 1.29 is 9.53 Å². The van der Waals surface area contributed by atoms with E-state index in [0.717, 1.165) is 0 Å². The SMILES string of the molecule is COc1nc(C#CCC(N)=O)cnc1N. The van der Waals surface area contributed by atoms with Crippen LogP contribution in [-0.2, 0) is 4.79 Å². The molecule has 0 atom stereocenters. The van der Waals surface area contributed by atoms with E-state index in [1.165, 1.54) is 13.3 Å². The summed E-state index contributed by atoms with van der Waals surface area (Å²) in [5.74, 6) is 5.08. The molecule has 0 fully saturated rings. The topological polar surface area (TPSA) is 104 Å². The van der Waals surface area contributed by atoms with Crippen LogP contribution in [-0.4, -0.2) is 23.0 Å². The highest BCUT2D eigenvalue weighted by molar-refractivity contribution is 5.76. The van der Waals surface area contributed by atoms with Crippen molar-refractivity contribution in [2.24, 2.45) is 5.73 Å². The van der Waals surface area contributed by atoms with Gasteiger partial charge in [0, 0.05) is 0 Å². The molecule has 0 aromatic carbocycles. The van der Waals surface area contributed by atoms with Gasteiger partial charge in [0.15, 0.2) is 5.82 Å². The van der Waals surface area contributed by atoms with Crippen LogP contribution in [0.2, 0.25) is 0 Å². The first kappa shape index (κ1) is 10.8. The Bertz CT molecular complexity index is 433. The lowest BCUT2D eigenvalue weighted by molar-refractivity contribution is -0.117. The summed E-state index contributed by atoms with van der Waals surface area (Å²) < 4.78 is 4.86. The summed E-state index contributed by atoms with van der Waals surface area (Å²) in [5.41, 5.74) is 10.7. The Morgan fingerprint density at radius 2 is 2.40 bits per heavy atom. The van der Waals surface area contributed by atoms with Gasteiger partial charge >= 0.3 is 0 Å². The number of carbonyl (C=O) groups is 1. The van der Waals surface area contributed by atoms with Gasteiger partial charge in [-0.2, -0.15) is 4.98 Å². The number of methoxy groups -OCH3 is 1. The summed E-state index contributed by atoms with van der Waals surface area (Å²) >= 11 is 0. The zero-order chi connectivity index (χ0) is 11.3. The van der Waals surface area contributed by atoms with Crippen molar-refractivity contribution in [1.82, 2.24) is 9.97 Å². The average molecular weight is 206 g/mol. The van der Waals surface area contributed by atoms with E-state index in [0.29, 0.717) is 5.69 Å². The van der Waals surface area contributed by atoms with Crippen LogP contribution in [0.3, 0.4) is 0 Å². The summed E-state index contributed by atoms with van der Waals surface area (Å²) in [7, 11) is 1.43. The van der Waals surface area contributed by atoms with Crippen molar-refractivity contribution in [3.8, 4) is 17.7 Å². The Labute approximate surface area is 86.6 Å². The Balaban J connectivity index is 2.85. The minimum atomic E-state index is -0.488. The number of nitrogen functional groups attached to an aromatic ring is 1. The lowest BCUT2D eigenvalue weighted by Crippen LogP contribution is -2.08. The third-order valence-corrected chi connectivity index (χ3v) is 1.44. The summed E-state index contributed by atoms with van der Waals surface area (Å²) in [6.45, 7) is 0. The van der Waals surface area contributed by atoms with Crippen LogP contribution >= 0.6 is 0 Å². The van der Waals surface area contributed by atoms with E-state index in [1.54, 1.807) is 0 Å². The summed E-state index contributed by atoms with van der Waals surface area (Å²) in [6, 6.07) is 0. The van der Waals surface area contributed by atoms with Gasteiger partial charge in [-0.1, -0.05) is 5.92 Å². The number of hydrogen-bond donors (Lipinski definition) is 2. The molecule has 1 aromatic rings. The zero-order valence-electron chi connectivity index (χ0n) is 8.15.